The van der Waals surface area contributed by atoms with E-state index in [0.717, 1.165) is 19.4 Å². The van der Waals surface area contributed by atoms with Gasteiger partial charge in [-0.25, -0.2) is 4.39 Å². The van der Waals surface area contributed by atoms with E-state index >= 15 is 0 Å². The van der Waals surface area contributed by atoms with Gasteiger partial charge in [-0.15, -0.1) is 0 Å². The molecular weight excluding hydrogens is 169 g/mol. The third-order valence-corrected chi connectivity index (χ3v) is 3.29. The number of hydrogen-bond donors (Lipinski definition) is 0. The van der Waals surface area contributed by atoms with Crippen LogP contribution in [0.1, 0.15) is 26.7 Å². The summed E-state index contributed by atoms with van der Waals surface area (Å²) < 4.78 is 13.8. The minimum Gasteiger partial charge on any atom is -0.306 e. The molecule has 0 atom stereocenters. The number of carbonyl (C=O) groups is 1. The highest BCUT2D eigenvalue weighted by atomic mass is 19.1. The molecule has 1 saturated heterocycles. The second kappa shape index (κ2) is 3.37. The van der Waals surface area contributed by atoms with Gasteiger partial charge in [0.2, 0.25) is 0 Å². The summed E-state index contributed by atoms with van der Waals surface area (Å²) in [5.74, 6) is 0. The SMILES string of the molecule is CN1CCC(C=O)(C(C)(C)F)CC1. The number of carbonyl (C=O) groups excluding carboxylic acids is 1. The minimum absolute atomic E-state index is 0.635. The van der Waals surface area contributed by atoms with E-state index in [9.17, 15) is 9.18 Å². The molecule has 0 bridgehead atoms. The molecular formula is C10H18FNO. The van der Waals surface area contributed by atoms with Crippen molar-refractivity contribution in [1.82, 2.24) is 4.90 Å². The lowest BCUT2D eigenvalue weighted by atomic mass is 9.69. The van der Waals surface area contributed by atoms with Crippen LogP contribution in [0.3, 0.4) is 0 Å². The highest BCUT2D eigenvalue weighted by molar-refractivity contribution is 5.62. The van der Waals surface area contributed by atoms with Gasteiger partial charge in [0.15, 0.2) is 0 Å². The first-order valence-electron chi connectivity index (χ1n) is 4.75. The van der Waals surface area contributed by atoms with Gasteiger partial charge in [-0.3, -0.25) is 0 Å². The van der Waals surface area contributed by atoms with Gasteiger partial charge in [0.1, 0.15) is 12.0 Å². The van der Waals surface area contributed by atoms with Crippen molar-refractivity contribution in [3.05, 3.63) is 0 Å². The smallest absolute Gasteiger partial charge is 0.129 e. The standard InChI is InChI=1S/C10H18FNO/c1-9(2,11)10(8-13)4-6-12(3)7-5-10/h8H,4-7H2,1-3H3. The molecule has 3 heteroatoms. The maximum absolute atomic E-state index is 13.8. The quantitative estimate of drug-likeness (QED) is 0.613. The summed E-state index contributed by atoms with van der Waals surface area (Å²) in [5, 5.41) is 0. The van der Waals surface area contributed by atoms with E-state index in [-0.39, 0.29) is 0 Å². The van der Waals surface area contributed by atoms with Gasteiger partial charge in [-0.1, -0.05) is 0 Å². The van der Waals surface area contributed by atoms with Gasteiger partial charge in [0, 0.05) is 0 Å². The average molecular weight is 187 g/mol. The fraction of sp³-hybridized carbons (Fsp3) is 0.900. The molecule has 76 valence electrons. The molecule has 13 heavy (non-hydrogen) atoms. The Morgan fingerprint density at radius 1 is 1.38 bits per heavy atom. The molecule has 1 heterocycles. The van der Waals surface area contributed by atoms with Gasteiger partial charge in [0.05, 0.1) is 5.41 Å². The van der Waals surface area contributed by atoms with Gasteiger partial charge in [-0.05, 0) is 46.8 Å². The Bertz CT molecular complexity index is 190. The van der Waals surface area contributed by atoms with Crippen LogP contribution in [0.25, 0.3) is 0 Å². The molecule has 0 aromatic heterocycles. The zero-order valence-electron chi connectivity index (χ0n) is 8.64. The van der Waals surface area contributed by atoms with Crippen molar-refractivity contribution in [1.29, 1.82) is 0 Å². The Hall–Kier alpha value is -0.440. The predicted molar refractivity (Wildman–Crippen MR) is 50.4 cm³/mol. The minimum atomic E-state index is -1.39. The zero-order chi connectivity index (χ0) is 10.1. The topological polar surface area (TPSA) is 20.3 Å². The third-order valence-electron chi connectivity index (χ3n) is 3.29. The lowest BCUT2D eigenvalue weighted by Gasteiger charge is -2.42. The Morgan fingerprint density at radius 2 is 1.85 bits per heavy atom. The summed E-state index contributed by atoms with van der Waals surface area (Å²) in [5.41, 5.74) is -2.14. The molecule has 0 spiro atoms. The second-order valence-electron chi connectivity index (χ2n) is 4.55. The van der Waals surface area contributed by atoms with Crippen molar-refractivity contribution in [3.63, 3.8) is 0 Å². The van der Waals surface area contributed by atoms with Gasteiger partial charge >= 0.3 is 0 Å². The predicted octanol–water partition coefficient (Wildman–Crippen LogP) is 1.65. The Labute approximate surface area is 79.1 Å². The molecule has 0 radical (unpaired) electrons. The largest absolute Gasteiger partial charge is 0.306 e. The van der Waals surface area contributed by atoms with Crippen LogP contribution in [-0.4, -0.2) is 37.0 Å². The van der Waals surface area contributed by atoms with E-state index < -0.39 is 11.1 Å². The van der Waals surface area contributed by atoms with Crippen LogP contribution in [0.2, 0.25) is 0 Å². The molecule has 2 nitrogen and oxygen atoms in total. The molecule has 0 aromatic carbocycles. The van der Waals surface area contributed by atoms with Crippen LogP contribution in [-0.2, 0) is 4.79 Å². The Balaban J connectivity index is 2.78. The van der Waals surface area contributed by atoms with Gasteiger partial charge in [-0.2, -0.15) is 0 Å². The first kappa shape index (κ1) is 10.6. The van der Waals surface area contributed by atoms with E-state index in [1.165, 1.54) is 13.8 Å². The molecule has 0 unspecified atom stereocenters. The zero-order valence-corrected chi connectivity index (χ0v) is 8.64. The number of alkyl halides is 1. The van der Waals surface area contributed by atoms with Crippen LogP contribution in [0.5, 0.6) is 0 Å². The Morgan fingerprint density at radius 3 is 2.15 bits per heavy atom. The van der Waals surface area contributed by atoms with Crippen LogP contribution in [0.15, 0.2) is 0 Å². The number of aldehydes is 1. The highest BCUT2D eigenvalue weighted by Gasteiger charge is 2.46. The fourth-order valence-electron chi connectivity index (χ4n) is 1.87. The third kappa shape index (κ3) is 1.90. The van der Waals surface area contributed by atoms with E-state index in [4.69, 9.17) is 0 Å². The lowest BCUT2D eigenvalue weighted by Crippen LogP contribution is -2.49. The van der Waals surface area contributed by atoms with E-state index in [1.54, 1.807) is 0 Å². The number of halogens is 1. The van der Waals surface area contributed by atoms with Crippen molar-refractivity contribution in [3.8, 4) is 0 Å². The summed E-state index contributed by atoms with van der Waals surface area (Å²) in [7, 11) is 2.00. The van der Waals surface area contributed by atoms with Gasteiger partial charge in [0.25, 0.3) is 0 Å². The van der Waals surface area contributed by atoms with Crippen molar-refractivity contribution in [2.24, 2.45) is 5.41 Å². The number of hydrogen-bond acceptors (Lipinski definition) is 2. The number of nitrogens with zero attached hydrogens (tertiary/aromatic N) is 1. The summed E-state index contributed by atoms with van der Waals surface area (Å²) in [6.07, 6.45) is 2.09. The van der Waals surface area contributed by atoms with E-state index in [1.807, 2.05) is 7.05 Å². The summed E-state index contributed by atoms with van der Waals surface area (Å²) in [6, 6.07) is 0. The first-order chi connectivity index (χ1) is 5.91. The van der Waals surface area contributed by atoms with Crippen molar-refractivity contribution in [2.75, 3.05) is 20.1 Å². The summed E-state index contributed by atoms with van der Waals surface area (Å²) >= 11 is 0. The monoisotopic (exact) mass is 187 g/mol. The molecule has 0 aromatic rings. The average Bonchev–Trinajstić information content (AvgIpc) is 2.04. The summed E-state index contributed by atoms with van der Waals surface area (Å²) in [4.78, 5) is 13.1. The molecule has 0 aliphatic carbocycles. The van der Waals surface area contributed by atoms with Crippen LogP contribution < -0.4 is 0 Å². The normalized spacial score (nSPS) is 24.3. The highest BCUT2D eigenvalue weighted by Crippen LogP contribution is 2.41. The van der Waals surface area contributed by atoms with E-state index in [2.05, 4.69) is 4.90 Å². The molecule has 1 aliphatic heterocycles. The maximum atomic E-state index is 13.8. The molecule has 0 amide bonds. The summed E-state index contributed by atoms with van der Waals surface area (Å²) in [6.45, 7) is 4.64. The van der Waals surface area contributed by atoms with Crippen LogP contribution in [0, 0.1) is 5.41 Å². The van der Waals surface area contributed by atoms with E-state index in [0.29, 0.717) is 12.8 Å². The van der Waals surface area contributed by atoms with Crippen LogP contribution >= 0.6 is 0 Å². The number of piperidine rings is 1. The van der Waals surface area contributed by atoms with Crippen molar-refractivity contribution in [2.45, 2.75) is 32.4 Å². The number of rotatable bonds is 2. The molecule has 0 N–H and O–H groups in total. The first-order valence-corrected chi connectivity index (χ1v) is 4.75. The molecule has 1 aliphatic rings. The molecule has 1 rings (SSSR count). The lowest BCUT2D eigenvalue weighted by molar-refractivity contribution is -0.128. The van der Waals surface area contributed by atoms with Crippen molar-refractivity contribution < 1.29 is 9.18 Å². The fourth-order valence-corrected chi connectivity index (χ4v) is 1.87. The molecule has 1 fully saturated rings. The number of likely N-dealkylation sites (tertiary alicyclic amines) is 1. The van der Waals surface area contributed by atoms with Crippen molar-refractivity contribution >= 4 is 6.29 Å². The van der Waals surface area contributed by atoms with Crippen LogP contribution in [0.4, 0.5) is 4.39 Å². The molecule has 0 saturated carbocycles. The second-order valence-corrected chi connectivity index (χ2v) is 4.55. The maximum Gasteiger partial charge on any atom is 0.129 e. The Kier molecular flexibility index (Phi) is 2.76. The van der Waals surface area contributed by atoms with Gasteiger partial charge < -0.3 is 9.69 Å².